The first-order valence-corrected chi connectivity index (χ1v) is 6.44. The van der Waals surface area contributed by atoms with Crippen LogP contribution in [0.15, 0.2) is 0 Å². The normalized spacial score (nSPS) is 29.8. The summed E-state index contributed by atoms with van der Waals surface area (Å²) < 4.78 is 24.7. The Morgan fingerprint density at radius 2 is 2.14 bits per heavy atom. The van der Waals surface area contributed by atoms with E-state index in [1.54, 1.807) is 6.07 Å². The largest absolute Gasteiger partial charge is 0.227 e. The molecule has 1 rings (SSSR count). The molecule has 0 aromatic rings. The van der Waals surface area contributed by atoms with Crippen LogP contribution in [0.1, 0.15) is 26.7 Å². The van der Waals surface area contributed by atoms with E-state index in [9.17, 15) is 8.42 Å². The zero-order chi connectivity index (χ0) is 10.8. The number of sulfonamides is 1. The SMILES string of the molecule is CC1CCN(S(=O)(=O)CC#N)C(C)C1. The Labute approximate surface area is 85.6 Å². The van der Waals surface area contributed by atoms with Gasteiger partial charge in [-0.2, -0.15) is 9.57 Å². The van der Waals surface area contributed by atoms with Gasteiger partial charge in [-0.15, -0.1) is 0 Å². The molecule has 4 nitrogen and oxygen atoms in total. The molecule has 80 valence electrons. The summed E-state index contributed by atoms with van der Waals surface area (Å²) >= 11 is 0. The molecule has 14 heavy (non-hydrogen) atoms. The van der Waals surface area contributed by atoms with Gasteiger partial charge in [-0.05, 0) is 25.7 Å². The van der Waals surface area contributed by atoms with Crippen LogP contribution in [0.25, 0.3) is 0 Å². The summed E-state index contributed by atoms with van der Waals surface area (Å²) in [4.78, 5) is 0. The van der Waals surface area contributed by atoms with Crippen LogP contribution in [0.4, 0.5) is 0 Å². The van der Waals surface area contributed by atoms with Gasteiger partial charge in [0.05, 0.1) is 6.07 Å². The van der Waals surface area contributed by atoms with Gasteiger partial charge in [-0.3, -0.25) is 0 Å². The molecule has 0 saturated carbocycles. The van der Waals surface area contributed by atoms with Crippen LogP contribution in [-0.2, 0) is 10.0 Å². The fraction of sp³-hybridized carbons (Fsp3) is 0.889. The molecular formula is C9H16N2O2S. The zero-order valence-electron chi connectivity index (χ0n) is 8.60. The van der Waals surface area contributed by atoms with Crippen molar-refractivity contribution in [3.05, 3.63) is 0 Å². The number of nitriles is 1. The van der Waals surface area contributed by atoms with Crippen molar-refractivity contribution in [2.75, 3.05) is 12.3 Å². The van der Waals surface area contributed by atoms with E-state index in [0.29, 0.717) is 12.5 Å². The molecule has 1 saturated heterocycles. The maximum Gasteiger partial charge on any atom is 0.227 e. The fourth-order valence-corrected chi connectivity index (χ4v) is 3.31. The van der Waals surface area contributed by atoms with Gasteiger partial charge in [0, 0.05) is 12.6 Å². The quantitative estimate of drug-likeness (QED) is 0.690. The highest BCUT2D eigenvalue weighted by Crippen LogP contribution is 2.24. The van der Waals surface area contributed by atoms with Crippen molar-refractivity contribution in [3.63, 3.8) is 0 Å². The molecule has 2 atom stereocenters. The van der Waals surface area contributed by atoms with Crippen molar-refractivity contribution in [3.8, 4) is 6.07 Å². The van der Waals surface area contributed by atoms with Crippen molar-refractivity contribution in [1.29, 1.82) is 5.26 Å². The summed E-state index contributed by atoms with van der Waals surface area (Å²) in [6, 6.07) is 1.75. The molecular weight excluding hydrogens is 200 g/mol. The third kappa shape index (κ3) is 2.46. The van der Waals surface area contributed by atoms with Crippen molar-refractivity contribution >= 4 is 10.0 Å². The number of hydrogen-bond donors (Lipinski definition) is 0. The summed E-state index contributed by atoms with van der Waals surface area (Å²) in [7, 11) is -3.33. The molecule has 0 aromatic carbocycles. The van der Waals surface area contributed by atoms with E-state index < -0.39 is 15.8 Å². The first-order valence-electron chi connectivity index (χ1n) is 4.84. The minimum absolute atomic E-state index is 0.0390. The van der Waals surface area contributed by atoms with E-state index in [2.05, 4.69) is 6.92 Å². The second kappa shape index (κ2) is 4.28. The minimum Gasteiger partial charge on any atom is -0.211 e. The van der Waals surface area contributed by atoms with Gasteiger partial charge in [0.25, 0.3) is 0 Å². The molecule has 0 radical (unpaired) electrons. The molecule has 1 heterocycles. The standard InChI is InChI=1S/C9H16N2O2S/c1-8-3-5-11(9(2)7-8)14(12,13)6-4-10/h8-9H,3,5-7H2,1-2H3. The maximum absolute atomic E-state index is 11.6. The van der Waals surface area contributed by atoms with E-state index in [4.69, 9.17) is 5.26 Å². The molecule has 1 fully saturated rings. The van der Waals surface area contributed by atoms with E-state index in [1.165, 1.54) is 4.31 Å². The second-order valence-corrected chi connectivity index (χ2v) is 5.93. The molecule has 0 bridgehead atoms. The third-order valence-electron chi connectivity index (χ3n) is 2.68. The van der Waals surface area contributed by atoms with Crippen molar-refractivity contribution < 1.29 is 8.42 Å². The summed E-state index contributed by atoms with van der Waals surface area (Å²) in [5.74, 6) is 0.185. The summed E-state index contributed by atoms with van der Waals surface area (Å²) in [5, 5.41) is 8.41. The molecule has 5 heteroatoms. The fourth-order valence-electron chi connectivity index (χ4n) is 1.96. The highest BCUT2D eigenvalue weighted by atomic mass is 32.2. The Bertz CT molecular complexity index is 331. The van der Waals surface area contributed by atoms with Crippen LogP contribution in [0.3, 0.4) is 0 Å². The molecule has 2 unspecified atom stereocenters. The first-order chi connectivity index (χ1) is 6.47. The van der Waals surface area contributed by atoms with E-state index in [1.807, 2.05) is 6.92 Å². The lowest BCUT2D eigenvalue weighted by atomic mass is 9.95. The Balaban J connectivity index is 2.75. The van der Waals surface area contributed by atoms with Crippen molar-refractivity contribution in [2.24, 2.45) is 5.92 Å². The number of nitrogens with zero attached hydrogens (tertiary/aromatic N) is 2. The van der Waals surface area contributed by atoms with E-state index in [-0.39, 0.29) is 6.04 Å². The van der Waals surface area contributed by atoms with Crippen molar-refractivity contribution in [1.82, 2.24) is 4.31 Å². The van der Waals surface area contributed by atoms with Gasteiger partial charge in [0.2, 0.25) is 10.0 Å². The van der Waals surface area contributed by atoms with Crippen molar-refractivity contribution in [2.45, 2.75) is 32.7 Å². The van der Waals surface area contributed by atoms with Crippen LogP contribution in [0, 0.1) is 17.2 Å². The topological polar surface area (TPSA) is 61.2 Å². The molecule has 0 spiro atoms. The van der Waals surface area contributed by atoms with E-state index >= 15 is 0 Å². The van der Waals surface area contributed by atoms with Gasteiger partial charge in [0.15, 0.2) is 5.75 Å². The Morgan fingerprint density at radius 1 is 1.50 bits per heavy atom. The van der Waals surface area contributed by atoms with Gasteiger partial charge in [0.1, 0.15) is 0 Å². The third-order valence-corrected chi connectivity index (χ3v) is 4.43. The number of piperidine rings is 1. The Hall–Kier alpha value is -0.600. The van der Waals surface area contributed by atoms with Crippen LogP contribution in [0.5, 0.6) is 0 Å². The molecule has 1 aliphatic rings. The Morgan fingerprint density at radius 3 is 2.64 bits per heavy atom. The van der Waals surface area contributed by atoms with Crippen LogP contribution in [0.2, 0.25) is 0 Å². The minimum atomic E-state index is -3.33. The lowest BCUT2D eigenvalue weighted by Gasteiger charge is -2.34. The van der Waals surface area contributed by atoms with Gasteiger partial charge in [-0.25, -0.2) is 8.42 Å². The smallest absolute Gasteiger partial charge is 0.211 e. The average Bonchev–Trinajstić information content (AvgIpc) is 2.02. The van der Waals surface area contributed by atoms with E-state index in [0.717, 1.165) is 12.8 Å². The Kier molecular flexibility index (Phi) is 3.51. The van der Waals surface area contributed by atoms with Gasteiger partial charge in [-0.1, -0.05) is 6.92 Å². The van der Waals surface area contributed by atoms with Gasteiger partial charge < -0.3 is 0 Å². The maximum atomic E-state index is 11.6. The number of rotatable bonds is 2. The lowest BCUT2D eigenvalue weighted by Crippen LogP contribution is -2.44. The number of hydrogen-bond acceptors (Lipinski definition) is 3. The van der Waals surface area contributed by atoms with Crippen LogP contribution < -0.4 is 0 Å². The highest BCUT2D eigenvalue weighted by molar-refractivity contribution is 7.89. The predicted molar refractivity (Wildman–Crippen MR) is 54.0 cm³/mol. The summed E-state index contributed by atoms with van der Waals surface area (Å²) in [6.45, 7) is 4.60. The molecule has 0 amide bonds. The zero-order valence-corrected chi connectivity index (χ0v) is 9.42. The van der Waals surface area contributed by atoms with Crippen LogP contribution >= 0.6 is 0 Å². The molecule has 0 aromatic heterocycles. The molecule has 0 N–H and O–H groups in total. The molecule has 0 aliphatic carbocycles. The highest BCUT2D eigenvalue weighted by Gasteiger charge is 2.31. The first kappa shape index (κ1) is 11.5. The predicted octanol–water partition coefficient (Wildman–Crippen LogP) is 0.960. The lowest BCUT2D eigenvalue weighted by molar-refractivity contribution is 0.221. The second-order valence-electron chi connectivity index (χ2n) is 4.00. The van der Waals surface area contributed by atoms with Crippen LogP contribution in [-0.4, -0.2) is 31.1 Å². The van der Waals surface area contributed by atoms with Gasteiger partial charge >= 0.3 is 0 Å². The monoisotopic (exact) mass is 216 g/mol. The summed E-state index contributed by atoms with van der Waals surface area (Å²) in [5.41, 5.74) is 0. The molecule has 1 aliphatic heterocycles. The average molecular weight is 216 g/mol. The summed E-state index contributed by atoms with van der Waals surface area (Å²) in [6.07, 6.45) is 1.79.